The lowest BCUT2D eigenvalue weighted by Crippen LogP contribution is -2.51. The molecule has 0 saturated heterocycles. The Morgan fingerprint density at radius 1 is 1.29 bits per heavy atom. The van der Waals surface area contributed by atoms with Crippen LogP contribution in [0.25, 0.3) is 0 Å². The zero-order valence-corrected chi connectivity index (χ0v) is 10.3. The minimum absolute atomic E-state index is 0.228. The van der Waals surface area contributed by atoms with Crippen LogP contribution in [-0.2, 0) is 4.74 Å². The normalized spacial score (nSPS) is 31.6. The van der Waals surface area contributed by atoms with E-state index in [9.17, 15) is 5.11 Å². The summed E-state index contributed by atoms with van der Waals surface area (Å²) in [6.45, 7) is 0. The second-order valence-electron chi connectivity index (χ2n) is 5.48. The molecule has 0 radical (unpaired) electrons. The van der Waals surface area contributed by atoms with Crippen LogP contribution in [0.2, 0.25) is 0 Å². The number of hydrogen-bond acceptors (Lipinski definition) is 2. The Morgan fingerprint density at radius 3 is 2.53 bits per heavy atom. The summed E-state index contributed by atoms with van der Waals surface area (Å²) in [4.78, 5) is 0. The standard InChI is InChI=1S/C15H20O2/c1-17-15(8-5-9-15)14(16)13-10-12(13)11-6-3-2-4-7-11/h2-4,6-7,12-14,16H,5,8-10H2,1H3. The van der Waals surface area contributed by atoms with Gasteiger partial charge in [-0.05, 0) is 43.1 Å². The van der Waals surface area contributed by atoms with E-state index in [2.05, 4.69) is 24.3 Å². The van der Waals surface area contributed by atoms with Crippen LogP contribution >= 0.6 is 0 Å². The average Bonchev–Trinajstić information content (AvgIpc) is 3.09. The van der Waals surface area contributed by atoms with Gasteiger partial charge in [0.05, 0.1) is 11.7 Å². The summed E-state index contributed by atoms with van der Waals surface area (Å²) in [7, 11) is 1.74. The third-order valence-electron chi connectivity index (χ3n) is 4.62. The summed E-state index contributed by atoms with van der Waals surface area (Å²) in [5.41, 5.74) is 1.14. The van der Waals surface area contributed by atoms with Gasteiger partial charge in [0.25, 0.3) is 0 Å². The van der Waals surface area contributed by atoms with Crippen molar-refractivity contribution in [2.24, 2.45) is 5.92 Å². The third-order valence-corrected chi connectivity index (χ3v) is 4.62. The second kappa shape index (κ2) is 4.11. The van der Waals surface area contributed by atoms with Gasteiger partial charge in [0.15, 0.2) is 0 Å². The molecule has 1 N–H and O–H groups in total. The summed E-state index contributed by atoms with van der Waals surface area (Å²) < 4.78 is 5.57. The maximum absolute atomic E-state index is 10.5. The molecular weight excluding hydrogens is 212 g/mol. The topological polar surface area (TPSA) is 29.5 Å². The molecule has 0 heterocycles. The molecule has 17 heavy (non-hydrogen) atoms. The van der Waals surface area contributed by atoms with E-state index in [1.165, 1.54) is 12.0 Å². The van der Waals surface area contributed by atoms with Crippen LogP contribution in [0, 0.1) is 5.92 Å². The first-order valence-electron chi connectivity index (χ1n) is 6.55. The molecule has 2 heteroatoms. The van der Waals surface area contributed by atoms with E-state index in [-0.39, 0.29) is 11.7 Å². The maximum atomic E-state index is 10.5. The highest BCUT2D eigenvalue weighted by Gasteiger charge is 2.54. The van der Waals surface area contributed by atoms with E-state index < -0.39 is 0 Å². The average molecular weight is 232 g/mol. The molecule has 0 spiro atoms. The zero-order valence-electron chi connectivity index (χ0n) is 10.3. The van der Waals surface area contributed by atoms with Gasteiger partial charge >= 0.3 is 0 Å². The molecule has 92 valence electrons. The quantitative estimate of drug-likeness (QED) is 0.865. The molecule has 3 rings (SSSR count). The molecular formula is C15H20O2. The minimum atomic E-state index is -0.286. The SMILES string of the molecule is COC1(C(O)C2CC2c2ccccc2)CCC1. The van der Waals surface area contributed by atoms with E-state index in [1.54, 1.807) is 7.11 Å². The van der Waals surface area contributed by atoms with Crippen LogP contribution in [0.15, 0.2) is 30.3 Å². The lowest BCUT2D eigenvalue weighted by molar-refractivity contribution is -0.156. The first-order valence-corrected chi connectivity index (χ1v) is 6.55. The van der Waals surface area contributed by atoms with Crippen molar-refractivity contribution in [1.29, 1.82) is 0 Å². The molecule has 0 amide bonds. The largest absolute Gasteiger partial charge is 0.390 e. The van der Waals surface area contributed by atoms with Crippen LogP contribution in [0.1, 0.15) is 37.2 Å². The number of methoxy groups -OCH3 is 1. The van der Waals surface area contributed by atoms with E-state index in [1.807, 2.05) is 6.07 Å². The Balaban J connectivity index is 1.68. The highest BCUT2D eigenvalue weighted by Crippen LogP contribution is 2.55. The van der Waals surface area contributed by atoms with Crippen LogP contribution in [0.5, 0.6) is 0 Å². The van der Waals surface area contributed by atoms with E-state index in [0.29, 0.717) is 11.8 Å². The van der Waals surface area contributed by atoms with Crippen LogP contribution in [-0.4, -0.2) is 23.9 Å². The predicted octanol–water partition coefficient (Wildman–Crippen LogP) is 2.72. The molecule has 2 aliphatic carbocycles. The van der Waals surface area contributed by atoms with E-state index in [4.69, 9.17) is 4.74 Å². The van der Waals surface area contributed by atoms with Crippen molar-refractivity contribution < 1.29 is 9.84 Å². The molecule has 3 atom stereocenters. The summed E-state index contributed by atoms with van der Waals surface area (Å²) in [5, 5.41) is 10.5. The summed E-state index contributed by atoms with van der Waals surface area (Å²) in [6.07, 6.45) is 4.04. The minimum Gasteiger partial charge on any atom is -0.390 e. The Morgan fingerprint density at radius 2 is 2.00 bits per heavy atom. The van der Waals surface area contributed by atoms with Crippen molar-refractivity contribution in [3.63, 3.8) is 0 Å². The van der Waals surface area contributed by atoms with Crippen molar-refractivity contribution in [2.75, 3.05) is 7.11 Å². The first kappa shape index (κ1) is 11.2. The van der Waals surface area contributed by atoms with Crippen molar-refractivity contribution in [2.45, 2.75) is 43.3 Å². The Labute approximate surface area is 103 Å². The molecule has 2 fully saturated rings. The maximum Gasteiger partial charge on any atom is 0.0939 e. The molecule has 1 aromatic rings. The molecule has 1 aromatic carbocycles. The van der Waals surface area contributed by atoms with Crippen molar-refractivity contribution in [3.05, 3.63) is 35.9 Å². The molecule has 0 aromatic heterocycles. The van der Waals surface area contributed by atoms with Crippen LogP contribution in [0.3, 0.4) is 0 Å². The van der Waals surface area contributed by atoms with Crippen molar-refractivity contribution in [1.82, 2.24) is 0 Å². The van der Waals surface area contributed by atoms with Gasteiger partial charge in [-0.1, -0.05) is 30.3 Å². The van der Waals surface area contributed by atoms with Crippen molar-refractivity contribution in [3.8, 4) is 0 Å². The predicted molar refractivity (Wildman–Crippen MR) is 66.9 cm³/mol. The summed E-state index contributed by atoms with van der Waals surface area (Å²) in [5.74, 6) is 0.941. The smallest absolute Gasteiger partial charge is 0.0939 e. The molecule has 3 unspecified atom stereocenters. The van der Waals surface area contributed by atoms with Gasteiger partial charge in [-0.25, -0.2) is 0 Å². The van der Waals surface area contributed by atoms with Gasteiger partial charge in [0, 0.05) is 7.11 Å². The zero-order chi connectivity index (χ0) is 11.9. The van der Waals surface area contributed by atoms with Gasteiger partial charge in [-0.3, -0.25) is 0 Å². The third kappa shape index (κ3) is 1.80. The number of ether oxygens (including phenoxy) is 1. The number of rotatable bonds is 4. The van der Waals surface area contributed by atoms with Gasteiger partial charge in [0.2, 0.25) is 0 Å². The van der Waals surface area contributed by atoms with Crippen LogP contribution in [0.4, 0.5) is 0 Å². The molecule has 2 nitrogen and oxygen atoms in total. The Kier molecular flexibility index (Phi) is 2.72. The Bertz CT molecular complexity index is 378. The van der Waals surface area contributed by atoms with Crippen molar-refractivity contribution >= 4 is 0 Å². The van der Waals surface area contributed by atoms with Gasteiger partial charge in [0.1, 0.15) is 0 Å². The fourth-order valence-corrected chi connectivity index (χ4v) is 3.18. The highest BCUT2D eigenvalue weighted by atomic mass is 16.5. The molecule has 2 aliphatic rings. The fraction of sp³-hybridized carbons (Fsp3) is 0.600. The fourth-order valence-electron chi connectivity index (χ4n) is 3.18. The monoisotopic (exact) mass is 232 g/mol. The lowest BCUT2D eigenvalue weighted by atomic mass is 9.74. The number of aliphatic hydroxyl groups excluding tert-OH is 1. The Hall–Kier alpha value is -0.860. The number of aliphatic hydroxyl groups is 1. The van der Waals surface area contributed by atoms with E-state index >= 15 is 0 Å². The van der Waals surface area contributed by atoms with Gasteiger partial charge in [-0.15, -0.1) is 0 Å². The summed E-state index contributed by atoms with van der Waals surface area (Å²) >= 11 is 0. The lowest BCUT2D eigenvalue weighted by Gasteiger charge is -2.44. The molecule has 0 aliphatic heterocycles. The summed E-state index contributed by atoms with van der Waals surface area (Å²) in [6, 6.07) is 10.5. The van der Waals surface area contributed by atoms with Crippen LogP contribution < -0.4 is 0 Å². The number of hydrogen-bond donors (Lipinski definition) is 1. The van der Waals surface area contributed by atoms with Gasteiger partial charge in [-0.2, -0.15) is 0 Å². The van der Waals surface area contributed by atoms with Gasteiger partial charge < -0.3 is 9.84 Å². The highest BCUT2D eigenvalue weighted by molar-refractivity contribution is 5.27. The molecule has 0 bridgehead atoms. The van der Waals surface area contributed by atoms with E-state index in [0.717, 1.165) is 19.3 Å². The first-order chi connectivity index (χ1) is 8.27. The number of benzene rings is 1. The second-order valence-corrected chi connectivity index (χ2v) is 5.48. The molecule has 2 saturated carbocycles.